The lowest BCUT2D eigenvalue weighted by Gasteiger charge is -2.23. The first-order chi connectivity index (χ1) is 6.85. The molecule has 0 bridgehead atoms. The van der Waals surface area contributed by atoms with Gasteiger partial charge in [-0.3, -0.25) is 0 Å². The predicted molar refractivity (Wildman–Crippen MR) is 60.6 cm³/mol. The SMILES string of the molecule is C=CC(=O)OCCOC(C)CC(C)(C)C. The second-order valence-corrected chi connectivity index (χ2v) is 4.82. The van der Waals surface area contributed by atoms with Gasteiger partial charge < -0.3 is 9.47 Å². The zero-order valence-corrected chi connectivity index (χ0v) is 10.2. The highest BCUT2D eigenvalue weighted by Crippen LogP contribution is 2.21. The maximum atomic E-state index is 10.7. The zero-order chi connectivity index (χ0) is 11.9. The Morgan fingerprint density at radius 2 is 2.00 bits per heavy atom. The van der Waals surface area contributed by atoms with Crippen LogP contribution in [0.5, 0.6) is 0 Å². The van der Waals surface area contributed by atoms with Crippen LogP contribution in [0.1, 0.15) is 34.1 Å². The van der Waals surface area contributed by atoms with E-state index < -0.39 is 5.97 Å². The summed E-state index contributed by atoms with van der Waals surface area (Å²) < 4.78 is 10.3. The van der Waals surface area contributed by atoms with Crippen LogP contribution in [0, 0.1) is 5.41 Å². The van der Waals surface area contributed by atoms with Gasteiger partial charge in [0.25, 0.3) is 0 Å². The van der Waals surface area contributed by atoms with Crippen LogP contribution in [0.15, 0.2) is 12.7 Å². The Labute approximate surface area is 92.5 Å². The van der Waals surface area contributed by atoms with Crippen molar-refractivity contribution in [3.05, 3.63) is 12.7 Å². The fourth-order valence-corrected chi connectivity index (χ4v) is 1.37. The Morgan fingerprint density at radius 3 is 2.47 bits per heavy atom. The van der Waals surface area contributed by atoms with Crippen molar-refractivity contribution in [3.8, 4) is 0 Å². The molecule has 1 unspecified atom stereocenters. The van der Waals surface area contributed by atoms with Crippen LogP contribution in [0.4, 0.5) is 0 Å². The van der Waals surface area contributed by atoms with Crippen molar-refractivity contribution in [2.24, 2.45) is 5.41 Å². The third-order valence-electron chi connectivity index (χ3n) is 1.80. The summed E-state index contributed by atoms with van der Waals surface area (Å²) in [7, 11) is 0. The number of hydrogen-bond acceptors (Lipinski definition) is 3. The molecule has 0 aliphatic rings. The van der Waals surface area contributed by atoms with Crippen molar-refractivity contribution >= 4 is 5.97 Å². The van der Waals surface area contributed by atoms with E-state index in [0.29, 0.717) is 13.2 Å². The molecular formula is C12H22O3. The molecule has 3 nitrogen and oxygen atoms in total. The molecule has 0 saturated carbocycles. The van der Waals surface area contributed by atoms with Crippen LogP contribution in [0.2, 0.25) is 0 Å². The molecule has 0 aromatic rings. The fourth-order valence-electron chi connectivity index (χ4n) is 1.37. The van der Waals surface area contributed by atoms with E-state index in [4.69, 9.17) is 9.47 Å². The predicted octanol–water partition coefficient (Wildman–Crippen LogP) is 2.56. The molecule has 0 N–H and O–H groups in total. The van der Waals surface area contributed by atoms with Gasteiger partial charge >= 0.3 is 5.97 Å². The van der Waals surface area contributed by atoms with Gasteiger partial charge in [0.2, 0.25) is 0 Å². The van der Waals surface area contributed by atoms with Crippen LogP contribution >= 0.6 is 0 Å². The normalized spacial score (nSPS) is 13.3. The minimum Gasteiger partial charge on any atom is -0.460 e. The number of ether oxygens (including phenoxy) is 2. The molecule has 3 heteroatoms. The monoisotopic (exact) mass is 214 g/mol. The summed E-state index contributed by atoms with van der Waals surface area (Å²) in [5, 5.41) is 0. The van der Waals surface area contributed by atoms with Gasteiger partial charge in [-0.15, -0.1) is 0 Å². The Balaban J connectivity index is 3.51. The standard InChI is InChI=1S/C12H22O3/c1-6-11(13)15-8-7-14-10(2)9-12(3,4)5/h6,10H,1,7-9H2,2-5H3. The van der Waals surface area contributed by atoms with Crippen molar-refractivity contribution in [2.45, 2.75) is 40.2 Å². The number of carbonyl (C=O) groups is 1. The molecule has 15 heavy (non-hydrogen) atoms. The summed E-state index contributed by atoms with van der Waals surface area (Å²) in [6.45, 7) is 12.6. The summed E-state index contributed by atoms with van der Waals surface area (Å²) in [4.78, 5) is 10.7. The molecule has 0 amide bonds. The Bertz CT molecular complexity index is 203. The second kappa shape index (κ2) is 6.62. The van der Waals surface area contributed by atoms with Gasteiger partial charge in [0, 0.05) is 6.08 Å². The van der Waals surface area contributed by atoms with E-state index in [1.165, 1.54) is 0 Å². The van der Waals surface area contributed by atoms with Crippen molar-refractivity contribution in [1.82, 2.24) is 0 Å². The molecule has 0 saturated heterocycles. The van der Waals surface area contributed by atoms with E-state index in [2.05, 4.69) is 27.4 Å². The molecule has 88 valence electrons. The lowest BCUT2D eigenvalue weighted by Crippen LogP contribution is -2.20. The highest BCUT2D eigenvalue weighted by molar-refractivity contribution is 5.81. The van der Waals surface area contributed by atoms with Gasteiger partial charge in [0.15, 0.2) is 0 Å². The van der Waals surface area contributed by atoms with Crippen molar-refractivity contribution in [3.63, 3.8) is 0 Å². The summed E-state index contributed by atoms with van der Waals surface area (Å²) in [5.74, 6) is -0.401. The molecular weight excluding hydrogens is 192 g/mol. The first kappa shape index (κ1) is 14.2. The molecule has 0 aromatic carbocycles. The average molecular weight is 214 g/mol. The van der Waals surface area contributed by atoms with Crippen molar-refractivity contribution < 1.29 is 14.3 Å². The quantitative estimate of drug-likeness (QED) is 0.387. The van der Waals surface area contributed by atoms with Crippen LogP contribution in [0.3, 0.4) is 0 Å². The molecule has 0 aromatic heterocycles. The number of hydrogen-bond donors (Lipinski definition) is 0. The van der Waals surface area contributed by atoms with Crippen LogP contribution in [0.25, 0.3) is 0 Å². The fraction of sp³-hybridized carbons (Fsp3) is 0.750. The number of carbonyl (C=O) groups excluding carboxylic acids is 1. The first-order valence-corrected chi connectivity index (χ1v) is 5.26. The van der Waals surface area contributed by atoms with Gasteiger partial charge in [0.1, 0.15) is 6.61 Å². The molecule has 0 aliphatic heterocycles. The number of rotatable bonds is 6. The van der Waals surface area contributed by atoms with Crippen LogP contribution < -0.4 is 0 Å². The van der Waals surface area contributed by atoms with Gasteiger partial charge in [-0.05, 0) is 18.8 Å². The van der Waals surface area contributed by atoms with Crippen LogP contribution in [-0.4, -0.2) is 25.3 Å². The topological polar surface area (TPSA) is 35.5 Å². The minimum absolute atomic E-state index is 0.187. The van der Waals surface area contributed by atoms with Gasteiger partial charge in [-0.2, -0.15) is 0 Å². The lowest BCUT2D eigenvalue weighted by atomic mass is 9.90. The second-order valence-electron chi connectivity index (χ2n) is 4.82. The largest absolute Gasteiger partial charge is 0.460 e. The highest BCUT2D eigenvalue weighted by atomic mass is 16.6. The molecule has 0 rings (SSSR count). The van der Waals surface area contributed by atoms with Gasteiger partial charge in [0.05, 0.1) is 12.7 Å². The van der Waals surface area contributed by atoms with Crippen molar-refractivity contribution in [2.75, 3.05) is 13.2 Å². The van der Waals surface area contributed by atoms with E-state index in [1.807, 2.05) is 6.92 Å². The third kappa shape index (κ3) is 9.47. The number of esters is 1. The van der Waals surface area contributed by atoms with E-state index in [9.17, 15) is 4.79 Å². The van der Waals surface area contributed by atoms with Crippen molar-refractivity contribution in [1.29, 1.82) is 0 Å². The third-order valence-corrected chi connectivity index (χ3v) is 1.80. The van der Waals surface area contributed by atoms with Gasteiger partial charge in [-0.1, -0.05) is 27.4 Å². The van der Waals surface area contributed by atoms with Crippen LogP contribution in [-0.2, 0) is 14.3 Å². The summed E-state index contributed by atoms with van der Waals surface area (Å²) in [5.41, 5.74) is 0.261. The van der Waals surface area contributed by atoms with E-state index in [0.717, 1.165) is 12.5 Å². The molecule has 0 heterocycles. The summed E-state index contributed by atoms with van der Waals surface area (Å²) in [6.07, 6.45) is 2.33. The van der Waals surface area contributed by atoms with Gasteiger partial charge in [-0.25, -0.2) is 4.79 Å². The first-order valence-electron chi connectivity index (χ1n) is 5.26. The smallest absolute Gasteiger partial charge is 0.330 e. The lowest BCUT2D eigenvalue weighted by molar-refractivity contribution is -0.140. The maximum Gasteiger partial charge on any atom is 0.330 e. The van der Waals surface area contributed by atoms with E-state index in [1.54, 1.807) is 0 Å². The Hall–Kier alpha value is -0.830. The summed E-state index contributed by atoms with van der Waals surface area (Å²) in [6, 6.07) is 0. The van der Waals surface area contributed by atoms with E-state index in [-0.39, 0.29) is 11.5 Å². The molecule has 0 aliphatic carbocycles. The average Bonchev–Trinajstić information content (AvgIpc) is 2.09. The summed E-state index contributed by atoms with van der Waals surface area (Å²) >= 11 is 0. The van der Waals surface area contributed by atoms with E-state index >= 15 is 0 Å². The molecule has 0 spiro atoms. The molecule has 0 fully saturated rings. The zero-order valence-electron chi connectivity index (χ0n) is 10.2. The highest BCUT2D eigenvalue weighted by Gasteiger charge is 2.15. The molecule has 0 radical (unpaired) electrons. The molecule has 1 atom stereocenters. The Kier molecular flexibility index (Phi) is 6.25. The maximum absolute atomic E-state index is 10.7. The minimum atomic E-state index is -0.401. The Morgan fingerprint density at radius 1 is 1.40 bits per heavy atom.